The molecule has 0 N–H and O–H groups in total. The molecule has 1 aliphatic carbocycles. The van der Waals surface area contributed by atoms with Crippen LogP contribution in [-0.2, 0) is 0 Å². The van der Waals surface area contributed by atoms with Crippen LogP contribution in [0.1, 0.15) is 38.1 Å². The molecule has 1 fully saturated rings. The van der Waals surface area contributed by atoms with Gasteiger partial charge in [0.2, 0.25) is 0 Å². The lowest BCUT2D eigenvalue weighted by Gasteiger charge is -2.23. The topological polar surface area (TPSA) is 30.7 Å². The molecule has 16 heavy (non-hydrogen) atoms. The van der Waals surface area contributed by atoms with E-state index in [0.717, 1.165) is 5.82 Å². The Hall–Kier alpha value is -1.16. The van der Waals surface area contributed by atoms with E-state index in [1.165, 1.54) is 37.0 Å². The van der Waals surface area contributed by atoms with Gasteiger partial charge in [0.25, 0.3) is 0 Å². The van der Waals surface area contributed by atoms with E-state index in [-0.39, 0.29) is 0 Å². The molecule has 1 saturated carbocycles. The van der Waals surface area contributed by atoms with Gasteiger partial charge in [-0.05, 0) is 24.3 Å². The summed E-state index contributed by atoms with van der Waals surface area (Å²) in [5.41, 5.74) is 0. The van der Waals surface area contributed by atoms with E-state index in [4.69, 9.17) is 0 Å². The predicted octanol–water partition coefficient (Wildman–Crippen LogP) is 3.51. The van der Waals surface area contributed by atoms with Crippen LogP contribution in [0.2, 0.25) is 0 Å². The summed E-state index contributed by atoms with van der Waals surface area (Å²) < 4.78 is 2.27. The van der Waals surface area contributed by atoms with E-state index in [1.54, 1.807) is 11.3 Å². The van der Waals surface area contributed by atoms with Gasteiger partial charge in [0.05, 0.1) is 4.88 Å². The van der Waals surface area contributed by atoms with Crippen molar-refractivity contribution >= 4 is 11.3 Å². The maximum Gasteiger partial charge on any atom is 0.174 e. The molecule has 0 aromatic carbocycles. The highest BCUT2D eigenvalue weighted by atomic mass is 32.1. The van der Waals surface area contributed by atoms with Gasteiger partial charge in [-0.25, -0.2) is 0 Å². The lowest BCUT2D eigenvalue weighted by Crippen LogP contribution is -2.12. The van der Waals surface area contributed by atoms with E-state index >= 15 is 0 Å². The largest absolute Gasteiger partial charge is 0.310 e. The van der Waals surface area contributed by atoms with Crippen LogP contribution in [0.3, 0.4) is 0 Å². The standard InChI is InChI=1S/C12H15N3S/c1-2-5-10(6-3-1)15-9-13-14-12(15)11-7-4-8-16-11/h4,7-10H,1-3,5-6H2. The van der Waals surface area contributed by atoms with Crippen LogP contribution < -0.4 is 0 Å². The van der Waals surface area contributed by atoms with Gasteiger partial charge >= 0.3 is 0 Å². The maximum absolute atomic E-state index is 4.26. The summed E-state index contributed by atoms with van der Waals surface area (Å²) >= 11 is 1.74. The van der Waals surface area contributed by atoms with Gasteiger partial charge in [0.15, 0.2) is 5.82 Å². The number of rotatable bonds is 2. The minimum atomic E-state index is 0.612. The molecule has 0 unspecified atom stereocenters. The molecular weight excluding hydrogens is 218 g/mol. The highest BCUT2D eigenvalue weighted by Crippen LogP contribution is 2.32. The summed E-state index contributed by atoms with van der Waals surface area (Å²) in [5, 5.41) is 10.4. The van der Waals surface area contributed by atoms with Crippen LogP contribution in [0.4, 0.5) is 0 Å². The van der Waals surface area contributed by atoms with Crippen LogP contribution in [0.25, 0.3) is 10.7 Å². The van der Waals surface area contributed by atoms with Gasteiger partial charge in [-0.2, -0.15) is 0 Å². The molecule has 0 radical (unpaired) electrons. The normalized spacial score (nSPS) is 17.8. The summed E-state index contributed by atoms with van der Waals surface area (Å²) in [6.07, 6.45) is 8.50. The van der Waals surface area contributed by atoms with Crippen molar-refractivity contribution in [3.05, 3.63) is 23.8 Å². The monoisotopic (exact) mass is 233 g/mol. The second kappa shape index (κ2) is 4.37. The van der Waals surface area contributed by atoms with Gasteiger partial charge in [0.1, 0.15) is 6.33 Å². The predicted molar refractivity (Wildman–Crippen MR) is 65.5 cm³/mol. The third-order valence-corrected chi connectivity index (χ3v) is 4.15. The Bertz CT molecular complexity index is 441. The Labute approximate surface area is 99.1 Å². The van der Waals surface area contributed by atoms with Crippen molar-refractivity contribution in [2.75, 3.05) is 0 Å². The smallest absolute Gasteiger partial charge is 0.174 e. The molecule has 1 aliphatic rings. The van der Waals surface area contributed by atoms with Crippen molar-refractivity contribution in [1.82, 2.24) is 14.8 Å². The molecule has 3 nitrogen and oxygen atoms in total. The fourth-order valence-corrected chi connectivity index (χ4v) is 3.16. The van der Waals surface area contributed by atoms with Crippen molar-refractivity contribution in [2.24, 2.45) is 0 Å². The molecule has 0 saturated heterocycles. The van der Waals surface area contributed by atoms with Crippen molar-refractivity contribution < 1.29 is 0 Å². The molecule has 3 rings (SSSR count). The van der Waals surface area contributed by atoms with E-state index in [9.17, 15) is 0 Å². The van der Waals surface area contributed by atoms with E-state index in [2.05, 4.69) is 32.3 Å². The highest BCUT2D eigenvalue weighted by Gasteiger charge is 2.19. The Morgan fingerprint density at radius 1 is 1.25 bits per heavy atom. The number of thiophene rings is 1. The van der Waals surface area contributed by atoms with Crippen LogP contribution in [0, 0.1) is 0 Å². The molecule has 0 spiro atoms. The van der Waals surface area contributed by atoms with Gasteiger partial charge in [-0.3, -0.25) is 0 Å². The molecule has 2 aromatic heterocycles. The van der Waals surface area contributed by atoms with Gasteiger partial charge in [0, 0.05) is 6.04 Å². The quantitative estimate of drug-likeness (QED) is 0.794. The summed E-state index contributed by atoms with van der Waals surface area (Å²) in [4.78, 5) is 1.23. The first-order valence-corrected chi connectivity index (χ1v) is 6.76. The Morgan fingerprint density at radius 2 is 2.12 bits per heavy atom. The maximum atomic E-state index is 4.26. The molecule has 0 bridgehead atoms. The molecule has 2 aromatic rings. The van der Waals surface area contributed by atoms with E-state index in [0.29, 0.717) is 6.04 Å². The van der Waals surface area contributed by atoms with E-state index < -0.39 is 0 Å². The Balaban J connectivity index is 1.92. The van der Waals surface area contributed by atoms with Crippen molar-refractivity contribution in [3.63, 3.8) is 0 Å². The van der Waals surface area contributed by atoms with E-state index in [1.807, 2.05) is 6.33 Å². The number of nitrogens with zero attached hydrogens (tertiary/aromatic N) is 3. The third kappa shape index (κ3) is 1.78. The summed E-state index contributed by atoms with van der Waals surface area (Å²) in [7, 11) is 0. The second-order valence-corrected chi connectivity index (χ2v) is 5.28. The van der Waals surface area contributed by atoms with Gasteiger partial charge < -0.3 is 4.57 Å². The van der Waals surface area contributed by atoms with Gasteiger partial charge in [-0.1, -0.05) is 25.3 Å². The Kier molecular flexibility index (Phi) is 2.74. The van der Waals surface area contributed by atoms with Crippen molar-refractivity contribution in [2.45, 2.75) is 38.1 Å². The molecular formula is C12H15N3S. The van der Waals surface area contributed by atoms with Crippen LogP contribution in [-0.4, -0.2) is 14.8 Å². The van der Waals surface area contributed by atoms with Crippen LogP contribution in [0.15, 0.2) is 23.8 Å². The first-order chi connectivity index (χ1) is 7.95. The lowest BCUT2D eigenvalue weighted by molar-refractivity contribution is 0.355. The molecule has 84 valence electrons. The lowest BCUT2D eigenvalue weighted by atomic mass is 9.95. The second-order valence-electron chi connectivity index (χ2n) is 4.33. The summed E-state index contributed by atoms with van der Waals surface area (Å²) in [6.45, 7) is 0. The third-order valence-electron chi connectivity index (χ3n) is 3.28. The van der Waals surface area contributed by atoms with Gasteiger partial charge in [-0.15, -0.1) is 21.5 Å². The number of hydrogen-bond acceptors (Lipinski definition) is 3. The zero-order valence-electron chi connectivity index (χ0n) is 9.17. The molecule has 2 heterocycles. The fraction of sp³-hybridized carbons (Fsp3) is 0.500. The first-order valence-electron chi connectivity index (χ1n) is 5.88. The minimum absolute atomic E-state index is 0.612. The minimum Gasteiger partial charge on any atom is -0.310 e. The highest BCUT2D eigenvalue weighted by molar-refractivity contribution is 7.13. The average Bonchev–Trinajstić information content (AvgIpc) is 3.01. The zero-order chi connectivity index (χ0) is 10.8. The molecule has 0 atom stereocenters. The van der Waals surface area contributed by atoms with Crippen molar-refractivity contribution in [3.8, 4) is 10.7 Å². The number of aromatic nitrogens is 3. The zero-order valence-corrected chi connectivity index (χ0v) is 9.99. The van der Waals surface area contributed by atoms with Crippen molar-refractivity contribution in [1.29, 1.82) is 0 Å². The SMILES string of the molecule is c1csc(-c2nncn2C2CCCCC2)c1. The average molecular weight is 233 g/mol. The molecule has 0 amide bonds. The van der Waals surface area contributed by atoms with Crippen LogP contribution in [0.5, 0.6) is 0 Å². The number of hydrogen-bond donors (Lipinski definition) is 0. The van der Waals surface area contributed by atoms with Crippen LogP contribution >= 0.6 is 11.3 Å². The summed E-state index contributed by atoms with van der Waals surface area (Å²) in [5.74, 6) is 1.04. The first kappa shape index (κ1) is 10.0. The molecule has 0 aliphatic heterocycles. The Morgan fingerprint density at radius 3 is 2.88 bits per heavy atom. The molecule has 4 heteroatoms. The fourth-order valence-electron chi connectivity index (χ4n) is 2.45. The summed E-state index contributed by atoms with van der Waals surface area (Å²) in [6, 6.07) is 4.80.